The average Bonchev–Trinajstić information content (AvgIpc) is 0.779. The number of hydrogen-bond donors (Lipinski definition) is 6. The number of hydrogen-bond acceptors (Lipinski definition) is 13. The second-order valence-corrected chi connectivity index (χ2v) is 29.3. The van der Waals surface area contributed by atoms with Crippen LogP contribution in [0.2, 0.25) is 0 Å². The first-order valence-corrected chi connectivity index (χ1v) is 36.7. The second-order valence-electron chi connectivity index (χ2n) is 26.3. The van der Waals surface area contributed by atoms with Gasteiger partial charge in [0.1, 0.15) is 34.5 Å². The van der Waals surface area contributed by atoms with E-state index in [0.29, 0.717) is 47.8 Å². The first kappa shape index (κ1) is 74.0. The zero-order valence-corrected chi connectivity index (χ0v) is 58.3. The monoisotopic (exact) mass is 1330 g/mol. The second kappa shape index (κ2) is 37.0. The Bertz CT molecular complexity index is 3280. The maximum Gasteiger partial charge on any atom is 0.305 e. The lowest BCUT2D eigenvalue weighted by molar-refractivity contribution is -0.141. The molecule has 0 aromatic heterocycles. The number of thioether (sulfide) groups is 3. The minimum atomic E-state index is -0.705. The van der Waals surface area contributed by atoms with Gasteiger partial charge < -0.3 is 44.8 Å². The van der Waals surface area contributed by atoms with Gasteiger partial charge in [-0.2, -0.15) is 0 Å². The number of rotatable bonds is 32. The summed E-state index contributed by atoms with van der Waals surface area (Å²) < 4.78 is 15.5. The summed E-state index contributed by atoms with van der Waals surface area (Å²) >= 11 is 5.54. The SMILES string of the molecule is CC1(c2ccc(O)cc2)CSc2cc(O)ccc2C1CCCCCCCCC(=O)O.COC(=O)CCCCCCCCC1c2ccc(O)cc2SCC1(C)c1ccc(O)cc1.COc1ccc(C2(C)CSc3cc(OC)ccc3C2CCCCCCCCC(=O)O)cc1. The third kappa shape index (κ3) is 21.3. The van der Waals surface area contributed by atoms with Crippen LogP contribution in [-0.2, 0) is 35.4 Å². The van der Waals surface area contributed by atoms with Crippen LogP contribution in [0, 0.1) is 0 Å². The van der Waals surface area contributed by atoms with Gasteiger partial charge in [0.2, 0.25) is 0 Å². The van der Waals surface area contributed by atoms with Crippen molar-refractivity contribution in [3.05, 3.63) is 161 Å². The van der Waals surface area contributed by atoms with Gasteiger partial charge in [-0.15, -0.1) is 35.3 Å². The Balaban J connectivity index is 0.000000198. The fraction of sp³-hybridized carbons (Fsp3) is 0.500. The van der Waals surface area contributed by atoms with Crippen LogP contribution in [0.15, 0.2) is 142 Å². The molecule has 6 N–H and O–H groups in total. The quantitative estimate of drug-likeness (QED) is 0.0172. The number of unbranched alkanes of at least 4 members (excludes halogenated alkanes) is 15. The molecule has 0 amide bonds. The smallest absolute Gasteiger partial charge is 0.305 e. The standard InChI is InChI=1S/C27H36O4S.C26H34O4S.C25H32O4S/c1-27(20-12-14-21(30-2)15-13-20)19-32-25-18-22(31-3)16-17-23(25)24(27)10-8-6-4-5-7-9-11-26(28)29;1-26(19-11-13-20(27)14-12-19)18-31-24-17-21(28)15-16-22(24)23(26)9-7-5-3-4-6-8-10-25(29)30-2;1-25(18-10-12-19(26)13-11-18)17-30-23-16-20(27)14-15-21(23)22(25)8-6-4-2-3-5-7-9-24(28)29/h12-18,24H,4-11,19H2,1-3H3,(H,28,29);11-17,23,27-28H,3-10,18H2,1-2H3;10-16,22,26-27H,2-9,17H2,1H3,(H,28,29). The van der Waals surface area contributed by atoms with E-state index < -0.39 is 11.9 Å². The molecule has 12 nitrogen and oxygen atoms in total. The molecule has 6 unspecified atom stereocenters. The summed E-state index contributed by atoms with van der Waals surface area (Å²) in [5, 5.41) is 56.8. The highest BCUT2D eigenvalue weighted by Gasteiger charge is 2.44. The average molecular weight is 1330 g/mol. The summed E-state index contributed by atoms with van der Waals surface area (Å²) in [6, 6.07) is 41.9. The van der Waals surface area contributed by atoms with Crippen molar-refractivity contribution in [1.29, 1.82) is 0 Å². The number of carboxylic acids is 2. The van der Waals surface area contributed by atoms with Gasteiger partial charge in [0, 0.05) is 67.5 Å². The van der Waals surface area contributed by atoms with Crippen LogP contribution >= 0.6 is 35.3 Å². The molecule has 6 aromatic carbocycles. The van der Waals surface area contributed by atoms with E-state index in [4.69, 9.17) is 24.4 Å². The number of carbonyl (C=O) groups is 3. The molecule has 0 radical (unpaired) electrons. The summed E-state index contributed by atoms with van der Waals surface area (Å²) in [5.74, 6) is 5.63. The predicted octanol–water partition coefficient (Wildman–Crippen LogP) is 20.0. The Labute approximate surface area is 566 Å². The molecule has 0 aliphatic carbocycles. The fourth-order valence-corrected chi connectivity index (χ4v) is 18.2. The van der Waals surface area contributed by atoms with Gasteiger partial charge in [0.05, 0.1) is 21.3 Å². The van der Waals surface area contributed by atoms with Gasteiger partial charge in [-0.3, -0.25) is 14.4 Å². The fourth-order valence-electron chi connectivity index (χ4n) is 14.0. The van der Waals surface area contributed by atoms with Crippen molar-refractivity contribution in [3.63, 3.8) is 0 Å². The summed E-state index contributed by atoms with van der Waals surface area (Å²) in [6.07, 6.45) is 23.8. The maximum atomic E-state index is 11.2. The van der Waals surface area contributed by atoms with Crippen LogP contribution in [0.25, 0.3) is 0 Å². The molecule has 15 heteroatoms. The molecule has 0 saturated carbocycles. The van der Waals surface area contributed by atoms with E-state index in [0.717, 1.165) is 131 Å². The number of ether oxygens (including phenoxy) is 3. The number of carbonyl (C=O) groups excluding carboxylic acids is 1. The number of fused-ring (bicyclic) bond motifs is 3. The molecule has 0 fully saturated rings. The van der Waals surface area contributed by atoms with E-state index >= 15 is 0 Å². The van der Waals surface area contributed by atoms with Crippen molar-refractivity contribution in [2.24, 2.45) is 0 Å². The van der Waals surface area contributed by atoms with E-state index in [1.807, 2.05) is 47.8 Å². The van der Waals surface area contributed by atoms with Gasteiger partial charge >= 0.3 is 17.9 Å². The highest BCUT2D eigenvalue weighted by molar-refractivity contribution is 8.00. The van der Waals surface area contributed by atoms with Crippen molar-refractivity contribution in [2.75, 3.05) is 38.6 Å². The number of phenols is 4. The zero-order chi connectivity index (χ0) is 66.8. The number of methoxy groups -OCH3 is 3. The van der Waals surface area contributed by atoms with Crippen LogP contribution in [0.3, 0.4) is 0 Å². The van der Waals surface area contributed by atoms with E-state index in [1.54, 1.807) is 62.4 Å². The Kier molecular flexibility index (Phi) is 29.5. The van der Waals surface area contributed by atoms with E-state index in [1.165, 1.54) is 87.3 Å². The van der Waals surface area contributed by atoms with Gasteiger partial charge in [0.15, 0.2) is 0 Å². The van der Waals surface area contributed by atoms with Gasteiger partial charge in [-0.1, -0.05) is 172 Å². The van der Waals surface area contributed by atoms with Gasteiger partial charge in [-0.25, -0.2) is 0 Å². The minimum absolute atomic E-state index is 0.0249. The number of phenolic OH excluding ortho intramolecular Hbond substituents is 4. The molecule has 6 atom stereocenters. The van der Waals surface area contributed by atoms with Gasteiger partial charge in [-0.05, 0) is 162 Å². The molecular formula is C78H102O12S3. The normalized spacial score (nSPS) is 20.3. The van der Waals surface area contributed by atoms with Crippen LogP contribution in [0.1, 0.15) is 226 Å². The lowest BCUT2D eigenvalue weighted by atomic mass is 9.68. The van der Waals surface area contributed by atoms with Crippen molar-refractivity contribution < 1.29 is 59.2 Å². The number of benzene rings is 6. The Hall–Kier alpha value is -6.42. The molecule has 0 spiro atoms. The molecule has 504 valence electrons. The summed E-state index contributed by atoms with van der Waals surface area (Å²) in [6.45, 7) is 7.06. The molecular weight excluding hydrogens is 1230 g/mol. The number of aliphatic carboxylic acids is 2. The third-order valence-corrected chi connectivity index (χ3v) is 23.9. The first-order chi connectivity index (χ1) is 44.8. The number of esters is 1. The topological polar surface area (TPSA) is 200 Å². The summed E-state index contributed by atoms with van der Waals surface area (Å²) in [5.41, 5.74) is 7.92. The predicted molar refractivity (Wildman–Crippen MR) is 379 cm³/mol. The van der Waals surface area contributed by atoms with Crippen molar-refractivity contribution in [3.8, 4) is 34.5 Å². The maximum absolute atomic E-state index is 11.2. The Morgan fingerprint density at radius 3 is 1.01 bits per heavy atom. The van der Waals surface area contributed by atoms with Crippen LogP contribution in [0.5, 0.6) is 34.5 Å². The molecule has 0 bridgehead atoms. The summed E-state index contributed by atoms with van der Waals surface area (Å²) in [7, 11) is 4.88. The molecule has 93 heavy (non-hydrogen) atoms. The van der Waals surface area contributed by atoms with Crippen molar-refractivity contribution >= 4 is 53.2 Å². The Morgan fingerprint density at radius 1 is 0.376 bits per heavy atom. The number of carboxylic acid groups (broad SMARTS) is 2. The zero-order valence-electron chi connectivity index (χ0n) is 55.8. The highest BCUT2D eigenvalue weighted by atomic mass is 32.2. The van der Waals surface area contributed by atoms with Crippen molar-refractivity contribution in [2.45, 2.75) is 224 Å². The van der Waals surface area contributed by atoms with Gasteiger partial charge in [0.25, 0.3) is 0 Å². The largest absolute Gasteiger partial charge is 0.508 e. The van der Waals surface area contributed by atoms with Crippen molar-refractivity contribution in [1.82, 2.24) is 0 Å². The first-order valence-electron chi connectivity index (χ1n) is 33.8. The van der Waals surface area contributed by atoms with Crippen LogP contribution < -0.4 is 9.47 Å². The lowest BCUT2D eigenvalue weighted by Crippen LogP contribution is -2.36. The molecule has 3 aliphatic rings. The van der Waals surface area contributed by atoms with Crippen LogP contribution in [-0.4, -0.2) is 87.1 Å². The molecule has 6 aromatic rings. The Morgan fingerprint density at radius 2 is 0.667 bits per heavy atom. The third-order valence-electron chi connectivity index (χ3n) is 19.7. The van der Waals surface area contributed by atoms with Crippen LogP contribution in [0.4, 0.5) is 0 Å². The summed E-state index contributed by atoms with van der Waals surface area (Å²) in [4.78, 5) is 36.1. The minimum Gasteiger partial charge on any atom is -0.508 e. The highest BCUT2D eigenvalue weighted by Crippen LogP contribution is 2.56. The van der Waals surface area contributed by atoms with E-state index in [9.17, 15) is 34.8 Å². The molecule has 0 saturated heterocycles. The van der Waals surface area contributed by atoms with E-state index in [2.05, 4.69) is 87.5 Å². The molecule has 9 rings (SSSR count). The molecule has 3 aliphatic heterocycles. The lowest BCUT2D eigenvalue weighted by Gasteiger charge is -2.43. The van der Waals surface area contributed by atoms with E-state index in [-0.39, 0.29) is 34.4 Å². The molecule has 3 heterocycles. The number of aromatic hydroxyl groups is 4.